The number of hydrogen-bond donors (Lipinski definition) is 2. The molecule has 0 aromatic heterocycles. The molecule has 0 heterocycles. The topological polar surface area (TPSA) is 75.4 Å². The molecule has 0 fully saturated rings. The lowest BCUT2D eigenvalue weighted by molar-refractivity contribution is -0.384. The predicted octanol–water partition coefficient (Wildman–Crippen LogP) is 2.05. The van der Waals surface area contributed by atoms with Gasteiger partial charge in [0.25, 0.3) is 5.69 Å². The third-order valence-electron chi connectivity index (χ3n) is 2.25. The van der Waals surface area contributed by atoms with E-state index in [2.05, 4.69) is 5.32 Å². The summed E-state index contributed by atoms with van der Waals surface area (Å²) in [5.74, 6) is 0.567. The lowest BCUT2D eigenvalue weighted by atomic mass is 10.3. The van der Waals surface area contributed by atoms with Crippen LogP contribution in [0.2, 0.25) is 0 Å². The number of hydrogen-bond acceptors (Lipinski definition) is 5. The van der Waals surface area contributed by atoms with Crippen molar-refractivity contribution in [1.29, 1.82) is 0 Å². The third kappa shape index (κ3) is 5.48. The molecule has 0 amide bonds. The van der Waals surface area contributed by atoms with Gasteiger partial charge in [-0.05, 0) is 12.1 Å². The van der Waals surface area contributed by atoms with Gasteiger partial charge in [-0.2, -0.15) is 0 Å². The first-order valence-electron chi connectivity index (χ1n) is 5.77. The van der Waals surface area contributed by atoms with Crippen LogP contribution in [-0.4, -0.2) is 34.5 Å². The second-order valence-corrected chi connectivity index (χ2v) is 5.37. The van der Waals surface area contributed by atoms with Crippen LogP contribution in [0.5, 0.6) is 0 Å². The standard InChI is InChI=1S/C12H18N2O3S/c1-9(2)13-7-11(15)8-18-12-5-3-10(4-6-12)14(16)17/h3-6,9,11,13,15H,7-8H2,1-2H3. The molecular formula is C12H18N2O3S. The highest BCUT2D eigenvalue weighted by Gasteiger charge is 2.07. The predicted molar refractivity (Wildman–Crippen MR) is 73.0 cm³/mol. The molecular weight excluding hydrogens is 252 g/mol. The molecule has 0 spiro atoms. The fourth-order valence-electron chi connectivity index (χ4n) is 1.29. The van der Waals surface area contributed by atoms with E-state index < -0.39 is 11.0 Å². The molecule has 0 bridgehead atoms. The number of thioether (sulfide) groups is 1. The van der Waals surface area contributed by atoms with Crippen LogP contribution in [0.4, 0.5) is 5.69 Å². The molecule has 6 heteroatoms. The van der Waals surface area contributed by atoms with E-state index in [9.17, 15) is 15.2 Å². The van der Waals surface area contributed by atoms with Crippen molar-refractivity contribution in [2.45, 2.75) is 30.9 Å². The van der Waals surface area contributed by atoms with E-state index >= 15 is 0 Å². The molecule has 18 heavy (non-hydrogen) atoms. The lowest BCUT2D eigenvalue weighted by Gasteiger charge is -2.13. The SMILES string of the molecule is CC(C)NCC(O)CSc1ccc([N+](=O)[O-])cc1. The van der Waals surface area contributed by atoms with Gasteiger partial charge in [0, 0.05) is 35.4 Å². The van der Waals surface area contributed by atoms with Crippen LogP contribution in [0.15, 0.2) is 29.2 Å². The van der Waals surface area contributed by atoms with Gasteiger partial charge in [-0.25, -0.2) is 0 Å². The highest BCUT2D eigenvalue weighted by Crippen LogP contribution is 2.21. The first-order chi connectivity index (χ1) is 8.49. The maximum atomic E-state index is 10.5. The van der Waals surface area contributed by atoms with Crippen molar-refractivity contribution in [2.24, 2.45) is 0 Å². The minimum Gasteiger partial charge on any atom is -0.391 e. The summed E-state index contributed by atoms with van der Waals surface area (Å²) in [6, 6.07) is 6.70. The second-order valence-electron chi connectivity index (χ2n) is 4.28. The van der Waals surface area contributed by atoms with Gasteiger partial charge in [0.2, 0.25) is 0 Å². The zero-order valence-corrected chi connectivity index (χ0v) is 11.3. The molecule has 0 aliphatic carbocycles. The Labute approximate surface area is 111 Å². The van der Waals surface area contributed by atoms with Crippen molar-refractivity contribution >= 4 is 17.4 Å². The molecule has 2 N–H and O–H groups in total. The van der Waals surface area contributed by atoms with Gasteiger partial charge in [0.15, 0.2) is 0 Å². The van der Waals surface area contributed by atoms with Crippen molar-refractivity contribution in [3.05, 3.63) is 34.4 Å². The summed E-state index contributed by atoms with van der Waals surface area (Å²) in [4.78, 5) is 11.0. The highest BCUT2D eigenvalue weighted by atomic mass is 32.2. The van der Waals surface area contributed by atoms with Gasteiger partial charge < -0.3 is 10.4 Å². The molecule has 0 saturated heterocycles. The van der Waals surface area contributed by atoms with Gasteiger partial charge >= 0.3 is 0 Å². The van der Waals surface area contributed by atoms with Crippen molar-refractivity contribution in [1.82, 2.24) is 5.32 Å². The Morgan fingerprint density at radius 2 is 2.00 bits per heavy atom. The summed E-state index contributed by atoms with van der Waals surface area (Å²) in [6.45, 7) is 4.60. The Morgan fingerprint density at radius 3 is 2.50 bits per heavy atom. The molecule has 0 saturated carbocycles. The van der Waals surface area contributed by atoms with Crippen molar-refractivity contribution in [3.8, 4) is 0 Å². The molecule has 1 atom stereocenters. The van der Waals surface area contributed by atoms with Gasteiger partial charge in [-0.3, -0.25) is 10.1 Å². The van der Waals surface area contributed by atoms with E-state index in [0.29, 0.717) is 18.3 Å². The number of benzene rings is 1. The number of nitro groups is 1. The van der Waals surface area contributed by atoms with Gasteiger partial charge in [-0.1, -0.05) is 13.8 Å². The van der Waals surface area contributed by atoms with Gasteiger partial charge in [0.05, 0.1) is 11.0 Å². The number of rotatable bonds is 7. The summed E-state index contributed by atoms with van der Waals surface area (Å²) >= 11 is 1.49. The van der Waals surface area contributed by atoms with E-state index in [-0.39, 0.29) is 5.69 Å². The fraction of sp³-hybridized carbons (Fsp3) is 0.500. The van der Waals surface area contributed by atoms with Crippen LogP contribution >= 0.6 is 11.8 Å². The largest absolute Gasteiger partial charge is 0.391 e. The number of aliphatic hydroxyl groups is 1. The maximum Gasteiger partial charge on any atom is 0.269 e. The minimum absolute atomic E-state index is 0.0846. The molecule has 1 aromatic rings. The number of nitrogens with one attached hydrogen (secondary N) is 1. The molecule has 1 aromatic carbocycles. The van der Waals surface area contributed by atoms with Crippen LogP contribution in [0.1, 0.15) is 13.8 Å². The maximum absolute atomic E-state index is 10.5. The molecule has 0 aliphatic rings. The van der Waals surface area contributed by atoms with Crippen molar-refractivity contribution in [3.63, 3.8) is 0 Å². The Bertz CT molecular complexity index is 381. The second kappa shape index (κ2) is 7.35. The number of nitro benzene ring substituents is 1. The summed E-state index contributed by atoms with van der Waals surface area (Å²) in [6.07, 6.45) is -0.424. The molecule has 1 rings (SSSR count). The first-order valence-corrected chi connectivity index (χ1v) is 6.76. The Morgan fingerprint density at radius 1 is 1.39 bits per heavy atom. The van der Waals surface area contributed by atoms with Crippen LogP contribution < -0.4 is 5.32 Å². The first kappa shape index (κ1) is 14.9. The normalized spacial score (nSPS) is 12.7. The van der Waals surface area contributed by atoms with Crippen LogP contribution in [0.3, 0.4) is 0 Å². The summed E-state index contributed by atoms with van der Waals surface area (Å²) in [5, 5.41) is 23.3. The molecule has 100 valence electrons. The van der Waals surface area contributed by atoms with Gasteiger partial charge in [0.1, 0.15) is 0 Å². The van der Waals surface area contributed by atoms with E-state index in [1.165, 1.54) is 23.9 Å². The quantitative estimate of drug-likeness (QED) is 0.450. The lowest BCUT2D eigenvalue weighted by Crippen LogP contribution is -2.33. The van der Waals surface area contributed by atoms with Crippen molar-refractivity contribution < 1.29 is 10.0 Å². The summed E-state index contributed by atoms with van der Waals surface area (Å²) in [7, 11) is 0. The van der Waals surface area contributed by atoms with E-state index in [1.807, 2.05) is 13.8 Å². The van der Waals surface area contributed by atoms with E-state index in [0.717, 1.165) is 4.90 Å². The zero-order chi connectivity index (χ0) is 13.5. The number of non-ortho nitro benzene ring substituents is 1. The number of aliphatic hydroxyl groups excluding tert-OH is 1. The molecule has 0 aliphatic heterocycles. The van der Waals surface area contributed by atoms with Crippen molar-refractivity contribution in [2.75, 3.05) is 12.3 Å². The fourth-order valence-corrected chi connectivity index (χ4v) is 2.12. The van der Waals surface area contributed by atoms with E-state index in [1.54, 1.807) is 12.1 Å². The Balaban J connectivity index is 2.36. The van der Waals surface area contributed by atoms with Crippen LogP contribution in [0, 0.1) is 10.1 Å². The van der Waals surface area contributed by atoms with Crippen LogP contribution in [-0.2, 0) is 0 Å². The molecule has 0 radical (unpaired) electrons. The average Bonchev–Trinajstić information content (AvgIpc) is 2.34. The minimum atomic E-state index is -0.424. The molecule has 1 unspecified atom stereocenters. The number of nitrogens with zero attached hydrogens (tertiary/aromatic N) is 1. The Hall–Kier alpha value is -1.11. The highest BCUT2D eigenvalue weighted by molar-refractivity contribution is 7.99. The van der Waals surface area contributed by atoms with Crippen LogP contribution in [0.25, 0.3) is 0 Å². The smallest absolute Gasteiger partial charge is 0.269 e. The van der Waals surface area contributed by atoms with Gasteiger partial charge in [-0.15, -0.1) is 11.8 Å². The summed E-state index contributed by atoms with van der Waals surface area (Å²) in [5.41, 5.74) is 0.0846. The zero-order valence-electron chi connectivity index (χ0n) is 10.5. The summed E-state index contributed by atoms with van der Waals surface area (Å²) < 4.78 is 0. The Kier molecular flexibility index (Phi) is 6.11. The average molecular weight is 270 g/mol. The third-order valence-corrected chi connectivity index (χ3v) is 3.41. The monoisotopic (exact) mass is 270 g/mol. The van der Waals surface area contributed by atoms with E-state index in [4.69, 9.17) is 0 Å². The molecule has 5 nitrogen and oxygen atoms in total.